The summed E-state index contributed by atoms with van der Waals surface area (Å²) in [5.41, 5.74) is -1.82. The number of aliphatic carboxylic acids is 1. The monoisotopic (exact) mass is 530 g/mol. The fourth-order valence-corrected chi connectivity index (χ4v) is 3.57. The van der Waals surface area contributed by atoms with Crippen LogP contribution >= 0.6 is 0 Å². The minimum absolute atomic E-state index is 0.0334. The van der Waals surface area contributed by atoms with Gasteiger partial charge in [-0.1, -0.05) is 0 Å². The molecule has 0 radical (unpaired) electrons. The maximum Gasteiger partial charge on any atom is 0.418 e. The molecule has 2 heterocycles. The normalized spacial score (nSPS) is 14.5. The van der Waals surface area contributed by atoms with Crippen molar-refractivity contribution in [3.8, 4) is 5.69 Å². The molecule has 0 bridgehead atoms. The molecule has 15 heteroatoms. The Kier molecular flexibility index (Phi) is 6.83. The average molecular weight is 530 g/mol. The van der Waals surface area contributed by atoms with E-state index in [4.69, 9.17) is 5.11 Å². The Labute approximate surface area is 210 Å². The Morgan fingerprint density at radius 2 is 1.82 bits per heavy atom. The van der Waals surface area contributed by atoms with E-state index in [1.807, 2.05) is 0 Å². The highest BCUT2D eigenvalue weighted by Gasteiger charge is 2.37. The molecule has 0 saturated carbocycles. The number of hydrogen-bond acceptors (Lipinski definition) is 7. The third-order valence-electron chi connectivity index (χ3n) is 5.36. The van der Waals surface area contributed by atoms with Crippen LogP contribution in [0.2, 0.25) is 0 Å². The molecule has 1 aliphatic heterocycles. The van der Waals surface area contributed by atoms with Gasteiger partial charge >= 0.3 is 24.1 Å². The van der Waals surface area contributed by atoms with E-state index >= 15 is 0 Å². The molecule has 2 aromatic carbocycles. The number of aromatic carboxylic acids is 1. The average Bonchev–Trinajstić information content (AvgIpc) is 3.34. The van der Waals surface area contributed by atoms with E-state index < -0.39 is 47.2 Å². The summed E-state index contributed by atoms with van der Waals surface area (Å²) in [6.07, 6.45) is -2.26. The quantitative estimate of drug-likeness (QED) is 0.290. The fraction of sp³-hybridized carbons (Fsp3) is 0.130. The summed E-state index contributed by atoms with van der Waals surface area (Å²) >= 11 is 0. The number of fused-ring (bicyclic) bond motifs is 1. The number of carbonyl (C=O) groups is 4. The van der Waals surface area contributed by atoms with Gasteiger partial charge < -0.3 is 35.5 Å². The molecule has 5 N–H and O–H groups in total. The summed E-state index contributed by atoms with van der Waals surface area (Å²) in [5.74, 6) is -2.63. The largest absolute Gasteiger partial charge is 0.478 e. The number of nitrogens with zero attached hydrogens (tertiary/aromatic N) is 3. The van der Waals surface area contributed by atoms with E-state index in [1.54, 1.807) is 0 Å². The van der Waals surface area contributed by atoms with Crippen LogP contribution < -0.4 is 16.0 Å². The number of halogens is 3. The second-order valence-electron chi connectivity index (χ2n) is 7.91. The minimum Gasteiger partial charge on any atom is -0.478 e. The van der Waals surface area contributed by atoms with Gasteiger partial charge in [0.1, 0.15) is 12.3 Å². The number of benzene rings is 2. The SMILES string of the molecule is O=CC1Nc2cc(C(F)(F)F)c(-n3cnc(CNC(=O)Nc4ccc(C(=O)O)cc4)c3)cc2N=C1C(=O)O. The first-order chi connectivity index (χ1) is 18.0. The molecule has 1 atom stereocenters. The van der Waals surface area contributed by atoms with Gasteiger partial charge in [-0.15, -0.1) is 0 Å². The van der Waals surface area contributed by atoms with Crippen LogP contribution in [0.5, 0.6) is 0 Å². The number of carboxylic acids is 2. The molecule has 3 aromatic rings. The number of carbonyl (C=O) groups excluding carboxylic acids is 2. The van der Waals surface area contributed by atoms with E-state index in [2.05, 4.69) is 25.9 Å². The maximum absolute atomic E-state index is 13.9. The van der Waals surface area contributed by atoms with E-state index in [-0.39, 0.29) is 35.5 Å². The number of aldehydes is 1. The number of amides is 2. The van der Waals surface area contributed by atoms with E-state index in [0.717, 1.165) is 23.0 Å². The molecule has 0 fully saturated rings. The number of hydrogen-bond donors (Lipinski definition) is 5. The Bertz CT molecular complexity index is 1470. The smallest absolute Gasteiger partial charge is 0.418 e. The Morgan fingerprint density at radius 1 is 1.11 bits per heavy atom. The molecule has 2 amide bonds. The third kappa shape index (κ3) is 5.45. The van der Waals surface area contributed by atoms with Crippen molar-refractivity contribution in [1.82, 2.24) is 14.9 Å². The number of urea groups is 1. The highest BCUT2D eigenvalue weighted by atomic mass is 19.4. The van der Waals surface area contributed by atoms with Gasteiger partial charge in [-0.25, -0.2) is 24.4 Å². The molecule has 12 nitrogen and oxygen atoms in total. The molecule has 196 valence electrons. The molecule has 0 spiro atoms. The number of alkyl halides is 3. The molecular weight excluding hydrogens is 513 g/mol. The maximum atomic E-state index is 13.9. The van der Waals surface area contributed by atoms with Gasteiger partial charge in [0.2, 0.25) is 0 Å². The van der Waals surface area contributed by atoms with E-state index in [0.29, 0.717) is 5.69 Å². The van der Waals surface area contributed by atoms with Crippen molar-refractivity contribution in [2.75, 3.05) is 10.6 Å². The lowest BCUT2D eigenvalue weighted by Crippen LogP contribution is -2.38. The van der Waals surface area contributed by atoms with Crippen LogP contribution in [-0.2, 0) is 22.3 Å². The van der Waals surface area contributed by atoms with Gasteiger partial charge in [-0.3, -0.25) is 0 Å². The number of carboxylic acid groups (broad SMARTS) is 2. The standard InChI is InChI=1S/C23H17F3N6O6/c24-23(25,26)14-5-15-16(31-19(21(36)37)17(9-33)30-15)6-18(14)32-8-13(28-10-32)7-27-22(38)29-12-3-1-11(2-4-12)20(34)35/h1-6,8-10,17,30H,7H2,(H,34,35)(H,36,37)(H2,27,29,38). The molecule has 1 unspecified atom stereocenters. The summed E-state index contributed by atoms with van der Waals surface area (Å²) in [5, 5.41) is 25.6. The Hall–Kier alpha value is -5.21. The lowest BCUT2D eigenvalue weighted by Gasteiger charge is -2.24. The molecule has 0 aliphatic carbocycles. The van der Waals surface area contributed by atoms with Crippen molar-refractivity contribution in [3.05, 3.63) is 65.7 Å². The first-order valence-electron chi connectivity index (χ1n) is 10.7. The first kappa shape index (κ1) is 25.9. The zero-order valence-electron chi connectivity index (χ0n) is 19.0. The fourth-order valence-electron chi connectivity index (χ4n) is 3.57. The van der Waals surface area contributed by atoms with Crippen molar-refractivity contribution < 1.29 is 42.6 Å². The number of aliphatic imine (C=N–C) groups is 1. The number of nitrogens with one attached hydrogen (secondary N) is 3. The lowest BCUT2D eigenvalue weighted by molar-refractivity contribution is -0.137. The number of imidazole rings is 1. The van der Waals surface area contributed by atoms with Crippen LogP contribution in [0, 0.1) is 0 Å². The topological polar surface area (TPSA) is 175 Å². The van der Waals surface area contributed by atoms with Crippen LogP contribution in [-0.4, -0.2) is 55.8 Å². The molecular formula is C23H17F3N6O6. The molecule has 1 aromatic heterocycles. The zero-order chi connectivity index (χ0) is 27.6. The summed E-state index contributed by atoms with van der Waals surface area (Å²) in [4.78, 5) is 53.5. The van der Waals surface area contributed by atoms with Gasteiger partial charge in [0.05, 0.1) is 46.8 Å². The van der Waals surface area contributed by atoms with Crippen LogP contribution in [0.3, 0.4) is 0 Å². The number of aromatic nitrogens is 2. The van der Waals surface area contributed by atoms with Crippen LogP contribution in [0.4, 0.5) is 35.0 Å². The van der Waals surface area contributed by atoms with E-state index in [1.165, 1.54) is 30.5 Å². The molecule has 38 heavy (non-hydrogen) atoms. The number of anilines is 2. The predicted octanol–water partition coefficient (Wildman–Crippen LogP) is 3.06. The van der Waals surface area contributed by atoms with Crippen molar-refractivity contribution in [2.24, 2.45) is 4.99 Å². The highest BCUT2D eigenvalue weighted by molar-refractivity contribution is 6.42. The van der Waals surface area contributed by atoms with Crippen molar-refractivity contribution in [2.45, 2.75) is 18.8 Å². The summed E-state index contributed by atoms with van der Waals surface area (Å²) in [7, 11) is 0. The lowest BCUT2D eigenvalue weighted by atomic mass is 10.0. The van der Waals surface area contributed by atoms with Gasteiger partial charge in [0, 0.05) is 11.9 Å². The molecule has 4 rings (SSSR count). The van der Waals surface area contributed by atoms with Gasteiger partial charge in [0.15, 0.2) is 5.71 Å². The van der Waals surface area contributed by atoms with E-state index in [9.17, 15) is 37.5 Å². The molecule has 0 saturated heterocycles. The second kappa shape index (κ2) is 10.0. The van der Waals surface area contributed by atoms with Crippen LogP contribution in [0.25, 0.3) is 5.69 Å². The number of rotatable bonds is 7. The van der Waals surface area contributed by atoms with Gasteiger partial charge in [-0.2, -0.15) is 13.2 Å². The van der Waals surface area contributed by atoms with Crippen molar-refractivity contribution >= 4 is 47.0 Å². The summed E-state index contributed by atoms with van der Waals surface area (Å²) < 4.78 is 42.6. The Balaban J connectivity index is 1.55. The summed E-state index contributed by atoms with van der Waals surface area (Å²) in [6, 6.07) is 5.03. The van der Waals surface area contributed by atoms with Crippen molar-refractivity contribution in [1.29, 1.82) is 0 Å². The molecule has 1 aliphatic rings. The second-order valence-corrected chi connectivity index (χ2v) is 7.91. The Morgan fingerprint density at radius 3 is 2.42 bits per heavy atom. The van der Waals surface area contributed by atoms with Gasteiger partial charge in [0.25, 0.3) is 0 Å². The summed E-state index contributed by atoms with van der Waals surface area (Å²) in [6.45, 7) is -0.164. The first-order valence-corrected chi connectivity index (χ1v) is 10.7. The minimum atomic E-state index is -4.82. The predicted molar refractivity (Wildman–Crippen MR) is 126 cm³/mol. The zero-order valence-corrected chi connectivity index (χ0v) is 19.0. The van der Waals surface area contributed by atoms with Crippen molar-refractivity contribution in [3.63, 3.8) is 0 Å². The van der Waals surface area contributed by atoms with Crippen LogP contribution in [0.15, 0.2) is 53.9 Å². The van der Waals surface area contributed by atoms with Gasteiger partial charge in [-0.05, 0) is 36.4 Å². The third-order valence-corrected chi connectivity index (χ3v) is 5.36. The highest BCUT2D eigenvalue weighted by Crippen LogP contribution is 2.41. The van der Waals surface area contributed by atoms with Crippen LogP contribution in [0.1, 0.15) is 21.6 Å².